The first-order valence-electron chi connectivity index (χ1n) is 21.9. The molecule has 0 spiro atoms. The third kappa shape index (κ3) is 13.7. The van der Waals surface area contributed by atoms with E-state index >= 15 is 0 Å². The zero-order valence-electron chi connectivity index (χ0n) is 38.7. The molecule has 0 unspecified atom stereocenters. The maximum absolute atomic E-state index is 14.1. The van der Waals surface area contributed by atoms with E-state index in [-0.39, 0.29) is 17.5 Å². The number of hydrogen-bond acceptors (Lipinski definition) is 9. The second-order valence-electron chi connectivity index (χ2n) is 14.7. The Morgan fingerprint density at radius 2 is 1.73 bits per heavy atom. The van der Waals surface area contributed by atoms with Crippen LogP contribution >= 0.6 is 11.3 Å². The number of fused-ring (bicyclic) bond motifs is 2. The smallest absolute Gasteiger partial charge is 0.264 e. The number of alkyl halides is 2. The number of methoxy groups -OCH3 is 1. The highest BCUT2D eigenvalue weighted by atomic mass is 32.1. The van der Waals surface area contributed by atoms with Crippen molar-refractivity contribution in [1.82, 2.24) is 25.1 Å². The van der Waals surface area contributed by atoms with Crippen molar-refractivity contribution in [2.24, 2.45) is 12.8 Å². The molecule has 0 bridgehead atoms. The highest BCUT2D eigenvalue weighted by Crippen LogP contribution is 2.44. The number of amides is 2. The fourth-order valence-electron chi connectivity index (χ4n) is 7.16. The number of aromatic nitrogens is 4. The van der Waals surface area contributed by atoms with Crippen molar-refractivity contribution in [3.05, 3.63) is 105 Å². The lowest BCUT2D eigenvalue weighted by atomic mass is 9.92. The van der Waals surface area contributed by atoms with Gasteiger partial charge in [-0.15, -0.1) is 11.3 Å². The minimum atomic E-state index is -2.63. The SMILES string of the molecule is CC.CCC.CCCCCCOc1cc(-c2scnc2C)ccc1CNC=O.COc1cc(N2CCCc3cc(-c4cn[nH]c4)c(C(F)F)cc32)c2cc(C)c(=O)n(C)c2c1.NC=O. The van der Waals surface area contributed by atoms with Crippen LogP contribution in [0.5, 0.6) is 11.5 Å². The number of halogens is 2. The van der Waals surface area contributed by atoms with Gasteiger partial charge in [-0.05, 0) is 74.1 Å². The molecule has 15 heteroatoms. The van der Waals surface area contributed by atoms with Gasteiger partial charge in [-0.3, -0.25) is 19.5 Å². The van der Waals surface area contributed by atoms with E-state index in [1.165, 1.54) is 25.7 Å². The molecule has 7 rings (SSSR count). The molecular formula is C49H65F2N7O5S. The summed E-state index contributed by atoms with van der Waals surface area (Å²) < 4.78 is 41.4. The van der Waals surface area contributed by atoms with E-state index in [2.05, 4.69) is 64.0 Å². The molecule has 346 valence electrons. The van der Waals surface area contributed by atoms with E-state index in [4.69, 9.17) is 14.3 Å². The van der Waals surface area contributed by atoms with Crippen LogP contribution in [-0.4, -0.2) is 52.8 Å². The van der Waals surface area contributed by atoms with Crippen molar-refractivity contribution in [2.45, 2.75) is 106 Å². The van der Waals surface area contributed by atoms with Gasteiger partial charge in [0.15, 0.2) is 0 Å². The number of carbonyl (C=O) groups is 2. The van der Waals surface area contributed by atoms with Gasteiger partial charge < -0.3 is 30.0 Å². The largest absolute Gasteiger partial charge is 0.497 e. The average Bonchev–Trinajstić information content (AvgIpc) is 4.01. The fraction of sp³-hybridized carbons (Fsp3) is 0.408. The predicted octanol–water partition coefficient (Wildman–Crippen LogP) is 11.1. The summed E-state index contributed by atoms with van der Waals surface area (Å²) in [6, 6.07) is 15.2. The lowest BCUT2D eigenvalue weighted by Crippen LogP contribution is -2.26. The Bertz CT molecular complexity index is 2420. The Kier molecular flexibility index (Phi) is 22.2. The van der Waals surface area contributed by atoms with E-state index in [9.17, 15) is 18.4 Å². The molecule has 0 saturated carbocycles. The molecule has 4 N–H and O–H groups in total. The number of anilines is 2. The number of aromatic amines is 1. The first kappa shape index (κ1) is 52.3. The molecule has 0 saturated heterocycles. The summed E-state index contributed by atoms with van der Waals surface area (Å²) >= 11 is 1.63. The Balaban J connectivity index is 0.000000307. The number of rotatable bonds is 14. The maximum atomic E-state index is 14.1. The molecule has 64 heavy (non-hydrogen) atoms. The van der Waals surface area contributed by atoms with Crippen LogP contribution in [0.15, 0.2) is 71.2 Å². The average molecular weight is 902 g/mol. The van der Waals surface area contributed by atoms with Crippen molar-refractivity contribution < 1.29 is 27.8 Å². The monoisotopic (exact) mass is 901 g/mol. The lowest BCUT2D eigenvalue weighted by molar-refractivity contribution is -0.109. The van der Waals surface area contributed by atoms with E-state index in [1.54, 1.807) is 55.4 Å². The fourth-order valence-corrected chi connectivity index (χ4v) is 7.96. The van der Waals surface area contributed by atoms with Crippen LogP contribution in [0.3, 0.4) is 0 Å². The molecule has 3 aromatic carbocycles. The zero-order chi connectivity index (χ0) is 47.2. The molecule has 2 amide bonds. The molecule has 0 aliphatic carbocycles. The van der Waals surface area contributed by atoms with Crippen molar-refractivity contribution >= 4 is 46.4 Å². The number of aryl methyl sites for hydroxylation is 4. The van der Waals surface area contributed by atoms with Crippen molar-refractivity contribution in [3.63, 3.8) is 0 Å². The van der Waals surface area contributed by atoms with Crippen LogP contribution in [-0.2, 0) is 29.6 Å². The number of nitrogens with one attached hydrogen (secondary N) is 2. The van der Waals surface area contributed by atoms with Crippen LogP contribution in [0.25, 0.3) is 32.5 Å². The summed E-state index contributed by atoms with van der Waals surface area (Å²) in [4.78, 5) is 39.2. The minimum absolute atomic E-state index is 0.0298. The van der Waals surface area contributed by atoms with Gasteiger partial charge in [-0.25, -0.2) is 13.8 Å². The summed E-state index contributed by atoms with van der Waals surface area (Å²) in [7, 11) is 3.31. The van der Waals surface area contributed by atoms with Gasteiger partial charge in [-0.2, -0.15) is 5.10 Å². The highest BCUT2D eigenvalue weighted by Gasteiger charge is 2.26. The first-order chi connectivity index (χ1) is 31.0. The summed E-state index contributed by atoms with van der Waals surface area (Å²) in [5.41, 5.74) is 14.1. The Morgan fingerprint density at radius 1 is 1.00 bits per heavy atom. The topological polar surface area (TPSA) is 157 Å². The third-order valence-electron chi connectivity index (χ3n) is 10.1. The molecule has 1 aliphatic heterocycles. The van der Waals surface area contributed by atoms with Crippen LogP contribution in [0.2, 0.25) is 0 Å². The van der Waals surface area contributed by atoms with Gasteiger partial charge in [0.05, 0.1) is 47.2 Å². The van der Waals surface area contributed by atoms with Gasteiger partial charge in [0, 0.05) is 71.8 Å². The number of carbonyl (C=O) groups excluding carboxylic acids is 2. The van der Waals surface area contributed by atoms with E-state index in [0.717, 1.165) is 74.6 Å². The van der Waals surface area contributed by atoms with Gasteiger partial charge in [0.2, 0.25) is 12.8 Å². The number of primary amides is 1. The van der Waals surface area contributed by atoms with Crippen LogP contribution in [0, 0.1) is 13.8 Å². The van der Waals surface area contributed by atoms with Crippen molar-refractivity contribution in [3.8, 4) is 33.1 Å². The molecule has 1 aliphatic rings. The number of nitrogens with zero attached hydrogens (tertiary/aromatic N) is 4. The third-order valence-corrected chi connectivity index (χ3v) is 11.1. The van der Waals surface area contributed by atoms with E-state index in [1.807, 2.05) is 56.6 Å². The number of benzene rings is 3. The van der Waals surface area contributed by atoms with E-state index < -0.39 is 6.43 Å². The number of thiazole rings is 1. The molecule has 4 heterocycles. The number of pyridine rings is 1. The second-order valence-corrected chi connectivity index (χ2v) is 15.6. The number of unbranched alkanes of at least 4 members (excludes halogenated alkanes) is 3. The van der Waals surface area contributed by atoms with Gasteiger partial charge in [0.25, 0.3) is 12.0 Å². The molecule has 3 aromatic heterocycles. The lowest BCUT2D eigenvalue weighted by Gasteiger charge is -2.34. The van der Waals surface area contributed by atoms with Gasteiger partial charge in [0.1, 0.15) is 11.5 Å². The summed E-state index contributed by atoms with van der Waals surface area (Å²) in [6.07, 6.45) is 9.14. The molecule has 0 atom stereocenters. The van der Waals surface area contributed by atoms with Crippen molar-refractivity contribution in [1.29, 1.82) is 0 Å². The second kappa shape index (κ2) is 27.2. The summed E-state index contributed by atoms with van der Waals surface area (Å²) in [5, 5.41) is 10.2. The summed E-state index contributed by atoms with van der Waals surface area (Å²) in [5.74, 6) is 1.45. The Hall–Kier alpha value is -6.09. The van der Waals surface area contributed by atoms with Gasteiger partial charge in [-0.1, -0.05) is 72.4 Å². The quantitative estimate of drug-likeness (QED) is 0.0720. The molecule has 12 nitrogen and oxygen atoms in total. The van der Waals surface area contributed by atoms with Gasteiger partial charge >= 0.3 is 0 Å². The van der Waals surface area contributed by atoms with Crippen LogP contribution in [0.4, 0.5) is 20.2 Å². The number of hydrogen-bond donors (Lipinski definition) is 3. The number of ether oxygens (including phenoxy) is 2. The standard InChI is InChI=1S/C25H24F2N4O2.C18H24N2O2S.C3H8.C2H6.CH3NO/c1-14-7-20-22(30(2)25(14)32)9-17(33-3)10-23(20)31-6-4-5-15-8-18(16-12-28-29-13-16)19(24(26)27)11-21(15)31;1-3-4-5-6-9-22-17-10-15(18-14(2)20-13-23-18)7-8-16(17)11-19-12-21;1-3-2;1-2;2-1-3/h7-13,24H,4-6H2,1-3H3,(H,28,29);7-8,10,12-13H,3-6,9,11H2,1-2H3,(H,19,21);3H2,1-2H3;1-2H3;1H,(H2,2,3). The first-order valence-corrected chi connectivity index (χ1v) is 22.7. The maximum Gasteiger partial charge on any atom is 0.264 e. The van der Waals surface area contributed by atoms with Crippen LogP contribution < -0.4 is 31.0 Å². The number of nitrogens with two attached hydrogens (primary N) is 1. The highest BCUT2D eigenvalue weighted by molar-refractivity contribution is 7.13. The number of H-pyrrole nitrogens is 1. The minimum Gasteiger partial charge on any atom is -0.497 e. The van der Waals surface area contributed by atoms with Crippen LogP contribution in [0.1, 0.15) is 108 Å². The zero-order valence-corrected chi connectivity index (χ0v) is 39.5. The molecular weight excluding hydrogens is 837 g/mol. The Labute approximate surface area is 380 Å². The van der Waals surface area contributed by atoms with E-state index in [0.29, 0.717) is 48.5 Å². The molecule has 6 aromatic rings. The molecule has 0 radical (unpaired) electrons. The molecule has 0 fully saturated rings. The van der Waals surface area contributed by atoms with Crippen molar-refractivity contribution in [2.75, 3.05) is 25.2 Å². The normalized spacial score (nSPS) is 11.3. The predicted molar refractivity (Wildman–Crippen MR) is 257 cm³/mol. The summed E-state index contributed by atoms with van der Waals surface area (Å²) in [6.45, 7) is 16.1. The Morgan fingerprint density at radius 3 is 2.34 bits per heavy atom.